The molecule has 150 valence electrons. The van der Waals surface area contributed by atoms with E-state index in [1.165, 1.54) is 0 Å². The van der Waals surface area contributed by atoms with E-state index in [2.05, 4.69) is 19.9 Å². The monoisotopic (exact) mass is 416 g/mol. The van der Waals surface area contributed by atoms with E-state index in [1.54, 1.807) is 31.5 Å². The minimum absolute atomic E-state index is 0.00145. The molecule has 0 aliphatic heterocycles. The molecule has 0 aliphatic rings. The molecule has 0 N–H and O–H groups in total. The molecule has 0 radical (unpaired) electrons. The van der Waals surface area contributed by atoms with Gasteiger partial charge in [-0.05, 0) is 61.0 Å². The maximum absolute atomic E-state index is 12.6. The van der Waals surface area contributed by atoms with Crippen LogP contribution in [0.2, 0.25) is 0 Å². The molecule has 0 amide bonds. The van der Waals surface area contributed by atoms with Gasteiger partial charge < -0.3 is 0 Å². The summed E-state index contributed by atoms with van der Waals surface area (Å²) < 4.78 is 25.3. The Balaban J connectivity index is 1.90. The van der Waals surface area contributed by atoms with Crippen molar-refractivity contribution in [1.82, 2.24) is 19.9 Å². The van der Waals surface area contributed by atoms with Crippen molar-refractivity contribution in [3.63, 3.8) is 0 Å². The van der Waals surface area contributed by atoms with Gasteiger partial charge in [-0.15, -0.1) is 0 Å². The first kappa shape index (κ1) is 19.8. The van der Waals surface area contributed by atoms with E-state index in [0.29, 0.717) is 28.5 Å². The molecule has 6 nitrogen and oxygen atoms in total. The van der Waals surface area contributed by atoms with E-state index in [0.717, 1.165) is 11.3 Å². The van der Waals surface area contributed by atoms with Gasteiger partial charge in [-0.3, -0.25) is 9.97 Å². The van der Waals surface area contributed by atoms with Crippen LogP contribution in [0.5, 0.6) is 0 Å². The smallest absolute Gasteiger partial charge is 0.178 e. The number of aryl methyl sites for hydroxylation is 1. The number of sulfone groups is 1. The second kappa shape index (κ2) is 8.12. The molecule has 0 saturated heterocycles. The van der Waals surface area contributed by atoms with E-state index < -0.39 is 9.84 Å². The lowest BCUT2D eigenvalue weighted by Gasteiger charge is -2.10. The fourth-order valence-electron chi connectivity index (χ4n) is 3.02. The molecular weight excluding hydrogens is 396 g/mol. The van der Waals surface area contributed by atoms with E-state index in [9.17, 15) is 8.42 Å². The average Bonchev–Trinajstić information content (AvgIpc) is 2.79. The molecule has 4 aromatic rings. The molecule has 0 aliphatic carbocycles. The first-order valence-corrected chi connectivity index (χ1v) is 11.2. The Kier molecular flexibility index (Phi) is 5.37. The third-order valence-corrected chi connectivity index (χ3v) is 6.37. The van der Waals surface area contributed by atoms with E-state index >= 15 is 0 Å². The largest absolute Gasteiger partial charge is 0.255 e. The fourth-order valence-corrected chi connectivity index (χ4v) is 3.94. The molecule has 7 heteroatoms. The van der Waals surface area contributed by atoms with Crippen molar-refractivity contribution in [2.24, 2.45) is 0 Å². The predicted molar refractivity (Wildman–Crippen MR) is 116 cm³/mol. The van der Waals surface area contributed by atoms with Crippen LogP contribution >= 0.6 is 0 Å². The molecule has 4 heterocycles. The Labute approximate surface area is 175 Å². The highest BCUT2D eigenvalue weighted by atomic mass is 32.2. The molecule has 0 atom stereocenters. The first-order chi connectivity index (χ1) is 14.5. The van der Waals surface area contributed by atoms with Crippen LogP contribution in [0.4, 0.5) is 0 Å². The summed E-state index contributed by atoms with van der Waals surface area (Å²) in [4.78, 5) is 18.3. The molecule has 0 spiro atoms. The van der Waals surface area contributed by atoms with Crippen molar-refractivity contribution in [2.75, 3.05) is 5.75 Å². The minimum Gasteiger partial charge on any atom is -0.255 e. The highest BCUT2D eigenvalue weighted by Crippen LogP contribution is 2.27. The van der Waals surface area contributed by atoms with Crippen molar-refractivity contribution in [3.8, 4) is 34.2 Å². The SMILES string of the molecule is CCS(=O)(=O)c1cc(-c2cc(C)ccn2)nc(-c2cccc(-c3ccccn3)n2)c1. The van der Waals surface area contributed by atoms with Crippen LogP contribution in [0.1, 0.15) is 12.5 Å². The first-order valence-electron chi connectivity index (χ1n) is 9.53. The molecule has 30 heavy (non-hydrogen) atoms. The van der Waals surface area contributed by atoms with Crippen LogP contribution in [-0.4, -0.2) is 34.1 Å². The molecule has 0 aromatic carbocycles. The summed E-state index contributed by atoms with van der Waals surface area (Å²) in [6.07, 6.45) is 3.39. The highest BCUT2D eigenvalue weighted by molar-refractivity contribution is 7.91. The van der Waals surface area contributed by atoms with Gasteiger partial charge in [-0.1, -0.05) is 19.1 Å². The molecule has 4 rings (SSSR count). The zero-order valence-corrected chi connectivity index (χ0v) is 17.5. The maximum atomic E-state index is 12.6. The summed E-state index contributed by atoms with van der Waals surface area (Å²) in [5.41, 5.74) is 4.59. The van der Waals surface area contributed by atoms with Crippen LogP contribution in [0, 0.1) is 6.92 Å². The lowest BCUT2D eigenvalue weighted by atomic mass is 10.1. The summed E-state index contributed by atoms with van der Waals surface area (Å²) >= 11 is 0. The lowest BCUT2D eigenvalue weighted by Crippen LogP contribution is -2.06. The third kappa shape index (κ3) is 4.11. The molecule has 4 aromatic heterocycles. The summed E-state index contributed by atoms with van der Waals surface area (Å²) in [5, 5.41) is 0. The van der Waals surface area contributed by atoms with Crippen molar-refractivity contribution in [2.45, 2.75) is 18.7 Å². The molecular formula is C23H20N4O2S. The summed E-state index contributed by atoms with van der Waals surface area (Å²) in [6.45, 7) is 3.58. The van der Waals surface area contributed by atoms with Gasteiger partial charge >= 0.3 is 0 Å². The standard InChI is InChI=1S/C23H20N4O2S/c1-3-30(28,29)17-14-22(27-23(15-17)21-13-16(2)10-12-25-21)20-9-6-8-19(26-20)18-7-4-5-11-24-18/h4-15H,3H2,1-2H3. The highest BCUT2D eigenvalue weighted by Gasteiger charge is 2.18. The minimum atomic E-state index is -3.44. The summed E-state index contributed by atoms with van der Waals surface area (Å²) in [5.74, 6) is -0.00145. The van der Waals surface area contributed by atoms with Crippen LogP contribution in [-0.2, 0) is 9.84 Å². The number of hydrogen-bond donors (Lipinski definition) is 0. The number of rotatable bonds is 5. The van der Waals surface area contributed by atoms with Gasteiger partial charge in [0.2, 0.25) is 0 Å². The van der Waals surface area contributed by atoms with Gasteiger partial charge in [0.05, 0.1) is 44.8 Å². The number of nitrogens with zero attached hydrogens (tertiary/aromatic N) is 4. The van der Waals surface area contributed by atoms with Gasteiger partial charge in [0, 0.05) is 12.4 Å². The van der Waals surface area contributed by atoms with E-state index in [-0.39, 0.29) is 10.6 Å². The van der Waals surface area contributed by atoms with Gasteiger partial charge in [-0.25, -0.2) is 18.4 Å². The quantitative estimate of drug-likeness (QED) is 0.480. The van der Waals surface area contributed by atoms with Crippen LogP contribution in [0.25, 0.3) is 34.2 Å². The van der Waals surface area contributed by atoms with Crippen molar-refractivity contribution >= 4 is 9.84 Å². The number of hydrogen-bond acceptors (Lipinski definition) is 6. The van der Waals surface area contributed by atoms with Crippen LogP contribution < -0.4 is 0 Å². The topological polar surface area (TPSA) is 85.7 Å². The van der Waals surface area contributed by atoms with Crippen molar-refractivity contribution in [3.05, 3.63) is 78.6 Å². The lowest BCUT2D eigenvalue weighted by molar-refractivity contribution is 0.597. The maximum Gasteiger partial charge on any atom is 0.178 e. The molecule has 0 saturated carbocycles. The second-order valence-electron chi connectivity index (χ2n) is 6.82. The Morgan fingerprint density at radius 3 is 2.00 bits per heavy atom. The Bertz CT molecular complexity index is 1310. The summed E-state index contributed by atoms with van der Waals surface area (Å²) in [7, 11) is -3.44. The Morgan fingerprint density at radius 2 is 1.33 bits per heavy atom. The van der Waals surface area contributed by atoms with Gasteiger partial charge in [-0.2, -0.15) is 0 Å². The van der Waals surface area contributed by atoms with Gasteiger partial charge in [0.1, 0.15) is 0 Å². The van der Waals surface area contributed by atoms with Crippen LogP contribution in [0.3, 0.4) is 0 Å². The number of aromatic nitrogens is 4. The predicted octanol–water partition coefficient (Wildman–Crippen LogP) is 4.37. The Hall–Kier alpha value is -3.45. The molecule has 0 unspecified atom stereocenters. The average molecular weight is 417 g/mol. The fraction of sp³-hybridized carbons (Fsp3) is 0.130. The molecule has 0 fully saturated rings. The van der Waals surface area contributed by atoms with Gasteiger partial charge in [0.25, 0.3) is 0 Å². The second-order valence-corrected chi connectivity index (χ2v) is 9.10. The van der Waals surface area contributed by atoms with Crippen LogP contribution in [0.15, 0.2) is 78.0 Å². The molecule has 0 bridgehead atoms. The third-order valence-electron chi connectivity index (χ3n) is 4.65. The zero-order valence-electron chi connectivity index (χ0n) is 16.6. The number of pyridine rings is 4. The Morgan fingerprint density at radius 1 is 0.700 bits per heavy atom. The van der Waals surface area contributed by atoms with Crippen molar-refractivity contribution in [1.29, 1.82) is 0 Å². The zero-order chi connectivity index (χ0) is 21.1. The van der Waals surface area contributed by atoms with E-state index in [1.807, 2.05) is 55.5 Å². The van der Waals surface area contributed by atoms with Crippen molar-refractivity contribution < 1.29 is 8.42 Å². The summed E-state index contributed by atoms with van der Waals surface area (Å²) in [6, 6.07) is 18.1. The van der Waals surface area contributed by atoms with E-state index in [4.69, 9.17) is 0 Å². The normalized spacial score (nSPS) is 11.4. The van der Waals surface area contributed by atoms with Gasteiger partial charge in [0.15, 0.2) is 9.84 Å².